The van der Waals surface area contributed by atoms with Crippen molar-refractivity contribution >= 4 is 94.2 Å². The molecule has 0 spiro atoms. The number of aromatic nitrogens is 3. The van der Waals surface area contributed by atoms with Crippen molar-refractivity contribution in [3.63, 3.8) is 0 Å². The van der Waals surface area contributed by atoms with E-state index >= 15 is 0 Å². The number of rotatable bonds is 7. The summed E-state index contributed by atoms with van der Waals surface area (Å²) in [7, 11) is -3.15. The number of para-hydroxylation sites is 5. The summed E-state index contributed by atoms with van der Waals surface area (Å²) in [5, 5.41) is 12.8. The van der Waals surface area contributed by atoms with E-state index in [1.807, 2.05) is 0 Å². The average molecular weight is 832 g/mol. The molecule has 13 rings (SSSR count). The molecular formula is C60H41N3Si. The Kier molecular flexibility index (Phi) is 8.23. The Bertz CT molecular complexity index is 3730. The molecule has 10 aromatic carbocycles. The summed E-state index contributed by atoms with van der Waals surface area (Å²) >= 11 is 0. The third kappa shape index (κ3) is 5.27. The molecule has 3 heterocycles. The van der Waals surface area contributed by atoms with Gasteiger partial charge in [-0.1, -0.05) is 182 Å². The van der Waals surface area contributed by atoms with Crippen molar-refractivity contribution in [1.82, 2.24) is 13.7 Å². The third-order valence-electron chi connectivity index (χ3n) is 13.5. The van der Waals surface area contributed by atoms with Crippen molar-refractivity contribution in [2.75, 3.05) is 0 Å². The number of hydrogen-bond donors (Lipinski definition) is 0. The second kappa shape index (κ2) is 14.5. The van der Waals surface area contributed by atoms with Crippen LogP contribution < -0.4 is 20.7 Å². The monoisotopic (exact) mass is 831 g/mol. The lowest BCUT2D eigenvalue weighted by Gasteiger charge is -2.35. The normalized spacial score (nSPS) is 12.1. The Balaban J connectivity index is 1.24. The Labute approximate surface area is 372 Å². The Morgan fingerprint density at radius 2 is 0.594 bits per heavy atom. The van der Waals surface area contributed by atoms with Crippen molar-refractivity contribution in [3.8, 4) is 17.1 Å². The van der Waals surface area contributed by atoms with Crippen LogP contribution in [-0.4, -0.2) is 21.8 Å². The minimum atomic E-state index is -3.15. The molecule has 0 N–H and O–H groups in total. The maximum Gasteiger partial charge on any atom is 0.181 e. The van der Waals surface area contributed by atoms with Crippen LogP contribution in [0.5, 0.6) is 0 Å². The highest BCUT2D eigenvalue weighted by Gasteiger charge is 2.44. The van der Waals surface area contributed by atoms with Gasteiger partial charge in [-0.2, -0.15) is 0 Å². The van der Waals surface area contributed by atoms with Crippen LogP contribution in [0.1, 0.15) is 0 Å². The van der Waals surface area contributed by atoms with E-state index in [1.165, 1.54) is 86.2 Å². The molecule has 0 aliphatic heterocycles. The summed E-state index contributed by atoms with van der Waals surface area (Å²) in [6, 6.07) is 92.6. The van der Waals surface area contributed by atoms with E-state index in [9.17, 15) is 0 Å². The van der Waals surface area contributed by atoms with Gasteiger partial charge < -0.3 is 13.7 Å². The SMILES string of the molecule is c1ccc(-n2c3ccccc3c3cc(-n4c5ccccc5c5cc(-n6c7ccccc7c7ccccc76)cc([Si](c6ccccc6)(c6ccccc6)c6ccccc6)c54)ccc32)cc1. The van der Waals surface area contributed by atoms with Crippen molar-refractivity contribution in [2.24, 2.45) is 0 Å². The van der Waals surface area contributed by atoms with E-state index in [4.69, 9.17) is 0 Å². The third-order valence-corrected chi connectivity index (χ3v) is 18.3. The lowest BCUT2D eigenvalue weighted by atomic mass is 10.1. The average Bonchev–Trinajstić information content (AvgIpc) is 4.01. The van der Waals surface area contributed by atoms with Crippen LogP contribution in [0.3, 0.4) is 0 Å². The maximum atomic E-state index is 2.58. The first kappa shape index (κ1) is 36.5. The predicted octanol–water partition coefficient (Wildman–Crippen LogP) is 12.4. The van der Waals surface area contributed by atoms with Gasteiger partial charge in [0.25, 0.3) is 0 Å². The summed E-state index contributed by atoms with van der Waals surface area (Å²) in [6.45, 7) is 0. The van der Waals surface area contributed by atoms with Crippen molar-refractivity contribution in [3.05, 3.63) is 249 Å². The van der Waals surface area contributed by atoms with Crippen LogP contribution in [-0.2, 0) is 0 Å². The molecule has 0 aliphatic rings. The van der Waals surface area contributed by atoms with E-state index in [1.54, 1.807) is 0 Å². The lowest BCUT2D eigenvalue weighted by molar-refractivity contribution is 1.16. The van der Waals surface area contributed by atoms with E-state index in [0.29, 0.717) is 0 Å². The van der Waals surface area contributed by atoms with Crippen molar-refractivity contribution in [1.29, 1.82) is 0 Å². The number of benzene rings is 10. The first-order chi connectivity index (χ1) is 31.8. The molecule has 0 saturated carbocycles. The van der Waals surface area contributed by atoms with E-state index < -0.39 is 8.07 Å². The fraction of sp³-hybridized carbons (Fsp3) is 0. The van der Waals surface area contributed by atoms with Gasteiger partial charge in [-0.05, 0) is 87.5 Å². The lowest BCUT2D eigenvalue weighted by Crippen LogP contribution is -2.75. The highest BCUT2D eigenvalue weighted by atomic mass is 28.3. The Morgan fingerprint density at radius 1 is 0.234 bits per heavy atom. The topological polar surface area (TPSA) is 14.8 Å². The van der Waals surface area contributed by atoms with Gasteiger partial charge in [0.15, 0.2) is 8.07 Å². The summed E-state index contributed by atoms with van der Waals surface area (Å²) < 4.78 is 7.49. The smallest absolute Gasteiger partial charge is 0.181 e. The van der Waals surface area contributed by atoms with Crippen LogP contribution in [0, 0.1) is 0 Å². The molecule has 300 valence electrons. The van der Waals surface area contributed by atoms with Crippen LogP contribution in [0.2, 0.25) is 0 Å². The first-order valence-corrected chi connectivity index (χ1v) is 24.1. The molecule has 4 heteroatoms. The van der Waals surface area contributed by atoms with Gasteiger partial charge in [-0.3, -0.25) is 0 Å². The Hall–Kier alpha value is -8.18. The molecule has 13 aromatic rings. The maximum absolute atomic E-state index is 3.15. The minimum Gasteiger partial charge on any atom is -0.309 e. The fourth-order valence-electron chi connectivity index (χ4n) is 11.0. The second-order valence-corrected chi connectivity index (χ2v) is 20.6. The van der Waals surface area contributed by atoms with Crippen LogP contribution in [0.15, 0.2) is 249 Å². The zero-order valence-electron chi connectivity index (χ0n) is 35.0. The molecule has 0 unspecified atom stereocenters. The summed E-state index contributed by atoms with van der Waals surface area (Å²) in [6.07, 6.45) is 0. The molecule has 3 nitrogen and oxygen atoms in total. The largest absolute Gasteiger partial charge is 0.309 e. The molecule has 64 heavy (non-hydrogen) atoms. The van der Waals surface area contributed by atoms with Gasteiger partial charge in [0.2, 0.25) is 0 Å². The summed E-state index contributed by atoms with van der Waals surface area (Å²) in [4.78, 5) is 0. The molecule has 0 fully saturated rings. The Morgan fingerprint density at radius 3 is 1.09 bits per heavy atom. The zero-order valence-corrected chi connectivity index (χ0v) is 36.0. The summed E-state index contributed by atoms with van der Waals surface area (Å²) in [5.41, 5.74) is 10.6. The number of hydrogen-bond acceptors (Lipinski definition) is 0. The van der Waals surface area contributed by atoms with E-state index in [0.717, 1.165) is 17.1 Å². The molecular weight excluding hydrogens is 791 g/mol. The standard InChI is InChI=1S/C60H41N3Si/c1-5-21-42(22-6-1)61-56-35-19-15-31-50(56)52-39-43(37-38-58(52)61)63-57-36-20-16-32-51(57)53-40-44(62-54-33-17-13-29-48(54)49-30-14-18-34-55(49)62)41-59(60(53)63)64(45-23-7-2-8-24-45,46-25-9-3-10-26-46)47-27-11-4-12-28-47/h1-41H. The summed E-state index contributed by atoms with van der Waals surface area (Å²) in [5.74, 6) is 0. The van der Waals surface area contributed by atoms with Crippen LogP contribution in [0.25, 0.3) is 82.5 Å². The van der Waals surface area contributed by atoms with E-state index in [2.05, 4.69) is 262 Å². The van der Waals surface area contributed by atoms with Crippen LogP contribution in [0.4, 0.5) is 0 Å². The molecule has 0 bridgehead atoms. The quantitative estimate of drug-likeness (QED) is 0.112. The molecule has 0 aliphatic carbocycles. The van der Waals surface area contributed by atoms with Crippen LogP contribution >= 0.6 is 0 Å². The van der Waals surface area contributed by atoms with Gasteiger partial charge >= 0.3 is 0 Å². The van der Waals surface area contributed by atoms with Gasteiger partial charge in [-0.15, -0.1) is 0 Å². The van der Waals surface area contributed by atoms with Crippen molar-refractivity contribution in [2.45, 2.75) is 0 Å². The van der Waals surface area contributed by atoms with Gasteiger partial charge in [0, 0.05) is 49.4 Å². The molecule has 0 atom stereocenters. The highest BCUT2D eigenvalue weighted by Crippen LogP contribution is 2.39. The highest BCUT2D eigenvalue weighted by molar-refractivity contribution is 7.20. The number of fused-ring (bicyclic) bond motifs is 9. The van der Waals surface area contributed by atoms with Gasteiger partial charge in [0.1, 0.15) is 0 Å². The molecule has 0 saturated heterocycles. The van der Waals surface area contributed by atoms with Crippen molar-refractivity contribution < 1.29 is 0 Å². The first-order valence-electron chi connectivity index (χ1n) is 22.1. The number of nitrogens with zero attached hydrogens (tertiary/aromatic N) is 3. The molecule has 3 aromatic heterocycles. The zero-order chi connectivity index (χ0) is 42.2. The van der Waals surface area contributed by atoms with Gasteiger partial charge in [0.05, 0.1) is 33.1 Å². The minimum absolute atomic E-state index is 1.14. The van der Waals surface area contributed by atoms with E-state index in [-0.39, 0.29) is 0 Å². The molecule has 0 radical (unpaired) electrons. The fourth-order valence-corrected chi connectivity index (χ4v) is 15.9. The molecule has 0 amide bonds. The van der Waals surface area contributed by atoms with Gasteiger partial charge in [-0.25, -0.2) is 0 Å². The second-order valence-electron chi connectivity index (χ2n) is 16.8. The predicted molar refractivity (Wildman–Crippen MR) is 273 cm³/mol.